The maximum absolute atomic E-state index is 13.3. The second kappa shape index (κ2) is 5.34. The topological polar surface area (TPSA) is 20.2 Å². The minimum atomic E-state index is -1.53. The lowest BCUT2D eigenvalue weighted by molar-refractivity contribution is 0.141. The molecule has 1 aromatic carbocycles. The van der Waals surface area contributed by atoms with Crippen molar-refractivity contribution in [1.29, 1.82) is 0 Å². The van der Waals surface area contributed by atoms with Crippen LogP contribution in [-0.2, 0) is 0 Å². The summed E-state index contributed by atoms with van der Waals surface area (Å²) >= 11 is 0. The van der Waals surface area contributed by atoms with Crippen LogP contribution in [0.4, 0.5) is 13.2 Å². The Hall–Kier alpha value is -1.03. The van der Waals surface area contributed by atoms with Crippen molar-refractivity contribution in [2.24, 2.45) is 5.92 Å². The molecule has 0 bridgehead atoms. The molecule has 1 nitrogen and oxygen atoms in total. The minimum Gasteiger partial charge on any atom is -0.388 e. The third-order valence-corrected chi connectivity index (χ3v) is 2.75. The number of benzene rings is 1. The third kappa shape index (κ3) is 2.76. The Morgan fingerprint density at radius 2 is 1.81 bits per heavy atom. The Morgan fingerprint density at radius 3 is 2.38 bits per heavy atom. The van der Waals surface area contributed by atoms with Gasteiger partial charge >= 0.3 is 0 Å². The maximum Gasteiger partial charge on any atom is 0.194 e. The van der Waals surface area contributed by atoms with Crippen molar-refractivity contribution >= 4 is 0 Å². The number of halogens is 3. The Morgan fingerprint density at radius 1 is 1.19 bits per heavy atom. The van der Waals surface area contributed by atoms with Gasteiger partial charge in [0.05, 0.1) is 6.10 Å². The van der Waals surface area contributed by atoms with E-state index in [4.69, 9.17) is 0 Å². The molecule has 0 heterocycles. The molecule has 1 rings (SSSR count). The smallest absolute Gasteiger partial charge is 0.194 e. The molecule has 0 radical (unpaired) electrons. The van der Waals surface area contributed by atoms with Crippen molar-refractivity contribution in [3.05, 3.63) is 35.1 Å². The molecule has 0 saturated heterocycles. The van der Waals surface area contributed by atoms with Crippen LogP contribution >= 0.6 is 0 Å². The average molecular weight is 232 g/mol. The molecule has 2 unspecified atom stereocenters. The van der Waals surface area contributed by atoms with Crippen LogP contribution in [0.25, 0.3) is 0 Å². The van der Waals surface area contributed by atoms with Crippen LogP contribution in [-0.4, -0.2) is 5.11 Å². The van der Waals surface area contributed by atoms with Crippen LogP contribution in [0.2, 0.25) is 0 Å². The van der Waals surface area contributed by atoms with E-state index in [-0.39, 0.29) is 11.5 Å². The summed E-state index contributed by atoms with van der Waals surface area (Å²) in [5.74, 6) is -3.86. The van der Waals surface area contributed by atoms with Crippen LogP contribution in [0.15, 0.2) is 12.1 Å². The molecule has 0 amide bonds. The quantitative estimate of drug-likeness (QED) is 0.787. The van der Waals surface area contributed by atoms with E-state index < -0.39 is 23.6 Å². The van der Waals surface area contributed by atoms with Gasteiger partial charge in [0, 0.05) is 5.56 Å². The lowest BCUT2D eigenvalue weighted by Gasteiger charge is -2.16. The molecular formula is C12H15F3O. The number of hydrogen-bond acceptors (Lipinski definition) is 1. The monoisotopic (exact) mass is 232 g/mol. The fraction of sp³-hybridized carbons (Fsp3) is 0.500. The highest BCUT2D eigenvalue weighted by Gasteiger charge is 2.20. The molecule has 4 heteroatoms. The van der Waals surface area contributed by atoms with E-state index in [9.17, 15) is 18.3 Å². The fourth-order valence-corrected chi connectivity index (χ4v) is 1.47. The number of hydrogen-bond donors (Lipinski definition) is 1. The van der Waals surface area contributed by atoms with E-state index in [2.05, 4.69) is 0 Å². The molecule has 0 aliphatic heterocycles. The van der Waals surface area contributed by atoms with E-state index in [0.717, 1.165) is 18.6 Å². The number of aliphatic hydroxyl groups excluding tert-OH is 1. The zero-order chi connectivity index (χ0) is 12.3. The molecule has 1 N–H and O–H groups in total. The molecule has 1 aromatic rings. The molecule has 16 heavy (non-hydrogen) atoms. The second-order valence-corrected chi connectivity index (χ2v) is 4.03. The van der Waals surface area contributed by atoms with Gasteiger partial charge in [0.15, 0.2) is 17.5 Å². The lowest BCUT2D eigenvalue weighted by atomic mass is 9.96. The first-order chi connectivity index (χ1) is 7.47. The first-order valence-corrected chi connectivity index (χ1v) is 5.28. The molecule has 0 aliphatic rings. The van der Waals surface area contributed by atoms with Gasteiger partial charge in [-0.2, -0.15) is 0 Å². The van der Waals surface area contributed by atoms with Crippen molar-refractivity contribution in [2.45, 2.75) is 32.8 Å². The normalized spacial score (nSPS) is 14.9. The summed E-state index contributed by atoms with van der Waals surface area (Å²) in [5.41, 5.74) is -0.181. The molecule has 2 atom stereocenters. The van der Waals surface area contributed by atoms with Gasteiger partial charge < -0.3 is 5.11 Å². The molecular weight excluding hydrogens is 217 g/mol. The summed E-state index contributed by atoms with van der Waals surface area (Å²) in [7, 11) is 0. The van der Waals surface area contributed by atoms with Gasteiger partial charge in [0.2, 0.25) is 0 Å². The largest absolute Gasteiger partial charge is 0.388 e. The van der Waals surface area contributed by atoms with Crippen molar-refractivity contribution in [3.8, 4) is 0 Å². The maximum atomic E-state index is 13.3. The van der Waals surface area contributed by atoms with Crippen LogP contribution in [0.5, 0.6) is 0 Å². The third-order valence-electron chi connectivity index (χ3n) is 2.75. The first-order valence-electron chi connectivity index (χ1n) is 5.28. The summed E-state index contributed by atoms with van der Waals surface area (Å²) < 4.78 is 38.9. The van der Waals surface area contributed by atoms with Crippen LogP contribution in [0, 0.1) is 23.4 Å². The summed E-state index contributed by atoms with van der Waals surface area (Å²) in [6.45, 7) is 3.85. The van der Waals surface area contributed by atoms with Gasteiger partial charge in [0.1, 0.15) is 0 Å². The molecule has 0 aliphatic carbocycles. The Bertz CT molecular complexity index is 366. The fourth-order valence-electron chi connectivity index (χ4n) is 1.47. The molecule has 0 fully saturated rings. The average Bonchev–Trinajstić information content (AvgIpc) is 2.25. The zero-order valence-corrected chi connectivity index (χ0v) is 9.30. The predicted molar refractivity (Wildman–Crippen MR) is 55.3 cm³/mol. The highest BCUT2D eigenvalue weighted by atomic mass is 19.2. The SMILES string of the molecule is CCC(C)CC(O)c1ccc(F)c(F)c1F. The molecule has 0 aromatic heterocycles. The molecule has 0 saturated carbocycles. The van der Waals surface area contributed by atoms with Gasteiger partial charge in [-0.15, -0.1) is 0 Å². The highest BCUT2D eigenvalue weighted by molar-refractivity contribution is 5.22. The summed E-state index contributed by atoms with van der Waals surface area (Å²) in [5, 5.41) is 9.69. The van der Waals surface area contributed by atoms with E-state index in [1.165, 1.54) is 0 Å². The summed E-state index contributed by atoms with van der Waals surface area (Å²) in [4.78, 5) is 0. The predicted octanol–water partition coefficient (Wildman–Crippen LogP) is 3.57. The number of rotatable bonds is 4. The summed E-state index contributed by atoms with van der Waals surface area (Å²) in [6.07, 6.45) is 0.0750. The minimum absolute atomic E-state index is 0.181. The van der Waals surface area contributed by atoms with Crippen LogP contribution in [0.1, 0.15) is 38.4 Å². The van der Waals surface area contributed by atoms with Crippen molar-refractivity contribution in [3.63, 3.8) is 0 Å². The van der Waals surface area contributed by atoms with Gasteiger partial charge in [0.25, 0.3) is 0 Å². The summed E-state index contributed by atoms with van der Waals surface area (Å²) in [6, 6.07) is 1.91. The Balaban J connectivity index is 2.92. The van der Waals surface area contributed by atoms with Crippen LogP contribution in [0.3, 0.4) is 0 Å². The van der Waals surface area contributed by atoms with Gasteiger partial charge in [-0.05, 0) is 18.4 Å². The lowest BCUT2D eigenvalue weighted by Crippen LogP contribution is -2.08. The first kappa shape index (κ1) is 13.0. The second-order valence-electron chi connectivity index (χ2n) is 4.03. The van der Waals surface area contributed by atoms with E-state index in [1.54, 1.807) is 0 Å². The highest BCUT2D eigenvalue weighted by Crippen LogP contribution is 2.26. The van der Waals surface area contributed by atoms with Crippen LogP contribution < -0.4 is 0 Å². The van der Waals surface area contributed by atoms with E-state index in [1.807, 2.05) is 13.8 Å². The zero-order valence-electron chi connectivity index (χ0n) is 9.30. The van der Waals surface area contributed by atoms with E-state index >= 15 is 0 Å². The van der Waals surface area contributed by atoms with Gasteiger partial charge in [-0.1, -0.05) is 26.3 Å². The number of aliphatic hydroxyl groups is 1. The van der Waals surface area contributed by atoms with Crippen molar-refractivity contribution in [2.75, 3.05) is 0 Å². The Labute approximate surface area is 92.9 Å². The van der Waals surface area contributed by atoms with Crippen molar-refractivity contribution in [1.82, 2.24) is 0 Å². The van der Waals surface area contributed by atoms with Gasteiger partial charge in [-0.25, -0.2) is 13.2 Å². The van der Waals surface area contributed by atoms with E-state index in [0.29, 0.717) is 6.42 Å². The Kier molecular flexibility index (Phi) is 4.35. The van der Waals surface area contributed by atoms with Gasteiger partial charge in [-0.3, -0.25) is 0 Å². The molecule has 0 spiro atoms. The van der Waals surface area contributed by atoms with Crippen molar-refractivity contribution < 1.29 is 18.3 Å². The molecule has 90 valence electrons. The standard InChI is InChI=1S/C12H15F3O/c1-3-7(2)6-10(16)8-4-5-9(13)12(15)11(8)14/h4-5,7,10,16H,3,6H2,1-2H3.